The molecule has 0 saturated heterocycles. The van der Waals surface area contributed by atoms with Crippen LogP contribution in [0.1, 0.15) is 0 Å². The zero-order valence-corrected chi connectivity index (χ0v) is 9.44. The van der Waals surface area contributed by atoms with Crippen LogP contribution < -0.4 is 5.73 Å². The maximum absolute atomic E-state index is 9.80. The molecule has 5 N–H and O–H groups in total. The van der Waals surface area contributed by atoms with Crippen LogP contribution in [-0.2, 0) is 0 Å². The molecule has 0 atom stereocenters. The summed E-state index contributed by atoms with van der Waals surface area (Å²) in [4.78, 5) is 0. The van der Waals surface area contributed by atoms with Crippen molar-refractivity contribution >= 4 is 17.3 Å². The molecular weight excluding hydrogens is 242 g/mol. The third kappa shape index (κ3) is 1.94. The third-order valence-corrected chi connectivity index (χ3v) is 2.65. The monoisotopic (exact) mass is 251 g/mol. The van der Waals surface area contributed by atoms with Crippen LogP contribution in [0.4, 0.5) is 5.69 Å². The predicted octanol–water partition coefficient (Wildman–Crippen LogP) is 2.71. The quantitative estimate of drug-likeness (QED) is 0.357. The average molecular weight is 252 g/mol. The van der Waals surface area contributed by atoms with E-state index in [1.54, 1.807) is 6.07 Å². The van der Waals surface area contributed by atoms with E-state index in [-0.39, 0.29) is 34.1 Å². The predicted molar refractivity (Wildman–Crippen MR) is 66.3 cm³/mol. The molecule has 0 amide bonds. The Balaban J connectivity index is 2.72. The summed E-state index contributed by atoms with van der Waals surface area (Å²) in [5.41, 5.74) is 6.00. The number of halogens is 1. The molecule has 5 heteroatoms. The molecule has 0 unspecified atom stereocenters. The van der Waals surface area contributed by atoms with E-state index in [9.17, 15) is 15.3 Å². The first-order valence-electron chi connectivity index (χ1n) is 4.80. The Hall–Kier alpha value is -2.07. The van der Waals surface area contributed by atoms with Crippen molar-refractivity contribution in [2.75, 3.05) is 5.73 Å². The SMILES string of the molecule is Nc1ccc(O)c(-c2ccc(Cl)cc2O)c1O. The minimum absolute atomic E-state index is 0.0826. The summed E-state index contributed by atoms with van der Waals surface area (Å²) in [5, 5.41) is 29.6. The van der Waals surface area contributed by atoms with Crippen molar-refractivity contribution in [3.05, 3.63) is 35.4 Å². The number of phenols is 3. The minimum Gasteiger partial charge on any atom is -0.507 e. The van der Waals surface area contributed by atoms with Crippen LogP contribution >= 0.6 is 11.6 Å². The third-order valence-electron chi connectivity index (χ3n) is 2.42. The van der Waals surface area contributed by atoms with E-state index in [1.165, 1.54) is 24.3 Å². The van der Waals surface area contributed by atoms with Crippen LogP contribution in [0.5, 0.6) is 17.2 Å². The van der Waals surface area contributed by atoms with Crippen LogP contribution in [-0.4, -0.2) is 15.3 Å². The maximum atomic E-state index is 9.80. The molecule has 0 radical (unpaired) electrons. The lowest BCUT2D eigenvalue weighted by molar-refractivity contribution is 0.451. The largest absolute Gasteiger partial charge is 0.507 e. The van der Waals surface area contributed by atoms with Crippen LogP contribution in [0, 0.1) is 0 Å². The normalized spacial score (nSPS) is 10.4. The van der Waals surface area contributed by atoms with Gasteiger partial charge in [0.15, 0.2) is 0 Å². The number of nitrogen functional groups attached to an aromatic ring is 1. The highest BCUT2D eigenvalue weighted by Crippen LogP contribution is 2.44. The standard InChI is InChI=1S/C12H10ClNO3/c13-6-1-2-7(10(16)5-6)11-9(15)4-3-8(14)12(11)17/h1-5,15-17H,14H2. The van der Waals surface area contributed by atoms with Gasteiger partial charge in [-0.25, -0.2) is 0 Å². The first-order chi connectivity index (χ1) is 8.00. The number of aromatic hydroxyl groups is 3. The second-order valence-corrected chi connectivity index (χ2v) is 4.00. The van der Waals surface area contributed by atoms with Gasteiger partial charge in [-0.1, -0.05) is 11.6 Å². The molecule has 0 aromatic heterocycles. The summed E-state index contributed by atoms with van der Waals surface area (Å²) in [5.74, 6) is -0.592. The van der Waals surface area contributed by atoms with Gasteiger partial charge in [0.05, 0.1) is 11.3 Å². The fourth-order valence-electron chi connectivity index (χ4n) is 1.58. The van der Waals surface area contributed by atoms with Crippen molar-refractivity contribution in [2.24, 2.45) is 0 Å². The van der Waals surface area contributed by atoms with E-state index in [1.807, 2.05) is 0 Å². The Labute approximate surface area is 103 Å². The zero-order valence-electron chi connectivity index (χ0n) is 8.68. The molecule has 0 aliphatic carbocycles. The van der Waals surface area contributed by atoms with E-state index >= 15 is 0 Å². The Morgan fingerprint density at radius 3 is 2.29 bits per heavy atom. The minimum atomic E-state index is -0.275. The van der Waals surface area contributed by atoms with Gasteiger partial charge in [-0.05, 0) is 30.3 Å². The zero-order chi connectivity index (χ0) is 12.6. The van der Waals surface area contributed by atoms with Gasteiger partial charge in [-0.2, -0.15) is 0 Å². The maximum Gasteiger partial charge on any atom is 0.150 e. The molecule has 0 saturated carbocycles. The molecule has 2 rings (SSSR count). The van der Waals surface area contributed by atoms with Crippen LogP contribution in [0.15, 0.2) is 30.3 Å². The molecule has 0 aliphatic heterocycles. The molecule has 2 aromatic rings. The average Bonchev–Trinajstić information content (AvgIpc) is 2.27. The molecule has 2 aromatic carbocycles. The molecular formula is C12H10ClNO3. The van der Waals surface area contributed by atoms with E-state index < -0.39 is 0 Å². The summed E-state index contributed by atoms with van der Waals surface area (Å²) >= 11 is 5.71. The first-order valence-corrected chi connectivity index (χ1v) is 5.18. The first kappa shape index (κ1) is 11.4. The second-order valence-electron chi connectivity index (χ2n) is 3.56. The summed E-state index contributed by atoms with van der Waals surface area (Å²) in [7, 11) is 0. The van der Waals surface area contributed by atoms with Crippen LogP contribution in [0.2, 0.25) is 5.02 Å². The fraction of sp³-hybridized carbons (Fsp3) is 0. The molecule has 17 heavy (non-hydrogen) atoms. The second kappa shape index (κ2) is 4.07. The van der Waals surface area contributed by atoms with Crippen molar-refractivity contribution in [1.29, 1.82) is 0 Å². The number of phenolic OH excluding ortho intramolecular Hbond substituents is 3. The number of rotatable bonds is 1. The number of benzene rings is 2. The summed E-state index contributed by atoms with van der Waals surface area (Å²) in [6.07, 6.45) is 0. The summed E-state index contributed by atoms with van der Waals surface area (Å²) < 4.78 is 0. The molecule has 0 spiro atoms. The van der Waals surface area contributed by atoms with E-state index in [0.29, 0.717) is 5.02 Å². The number of hydrogen-bond donors (Lipinski definition) is 4. The van der Waals surface area contributed by atoms with Gasteiger partial charge < -0.3 is 21.1 Å². The van der Waals surface area contributed by atoms with Gasteiger partial charge >= 0.3 is 0 Å². The molecule has 4 nitrogen and oxygen atoms in total. The van der Waals surface area contributed by atoms with Crippen LogP contribution in [0.25, 0.3) is 11.1 Å². The Kier molecular flexibility index (Phi) is 2.73. The van der Waals surface area contributed by atoms with Gasteiger partial charge in [0.25, 0.3) is 0 Å². The van der Waals surface area contributed by atoms with Gasteiger partial charge in [0.2, 0.25) is 0 Å². The Morgan fingerprint density at radius 1 is 0.941 bits per heavy atom. The molecule has 0 aliphatic rings. The fourth-order valence-corrected chi connectivity index (χ4v) is 1.74. The van der Waals surface area contributed by atoms with Crippen molar-refractivity contribution in [2.45, 2.75) is 0 Å². The number of anilines is 1. The van der Waals surface area contributed by atoms with E-state index in [4.69, 9.17) is 17.3 Å². The molecule has 0 heterocycles. The van der Waals surface area contributed by atoms with Crippen molar-refractivity contribution in [1.82, 2.24) is 0 Å². The van der Waals surface area contributed by atoms with Crippen molar-refractivity contribution < 1.29 is 15.3 Å². The van der Waals surface area contributed by atoms with E-state index in [0.717, 1.165) is 0 Å². The molecule has 0 bridgehead atoms. The highest BCUT2D eigenvalue weighted by molar-refractivity contribution is 6.30. The summed E-state index contributed by atoms with van der Waals surface area (Å²) in [6, 6.07) is 7.07. The van der Waals surface area contributed by atoms with Crippen molar-refractivity contribution in [3.63, 3.8) is 0 Å². The van der Waals surface area contributed by atoms with E-state index in [2.05, 4.69) is 0 Å². The smallest absolute Gasteiger partial charge is 0.150 e. The van der Waals surface area contributed by atoms with Crippen LogP contribution in [0.3, 0.4) is 0 Å². The molecule has 88 valence electrons. The lowest BCUT2D eigenvalue weighted by Gasteiger charge is -2.11. The van der Waals surface area contributed by atoms with Gasteiger partial charge in [-0.15, -0.1) is 0 Å². The lowest BCUT2D eigenvalue weighted by atomic mass is 10.0. The van der Waals surface area contributed by atoms with Crippen molar-refractivity contribution in [3.8, 4) is 28.4 Å². The molecule has 0 fully saturated rings. The lowest BCUT2D eigenvalue weighted by Crippen LogP contribution is -1.89. The summed E-state index contributed by atoms with van der Waals surface area (Å²) in [6.45, 7) is 0. The van der Waals surface area contributed by atoms with Gasteiger partial charge in [0, 0.05) is 10.6 Å². The van der Waals surface area contributed by atoms with Gasteiger partial charge in [0.1, 0.15) is 17.2 Å². The topological polar surface area (TPSA) is 86.7 Å². The van der Waals surface area contributed by atoms with Gasteiger partial charge in [-0.3, -0.25) is 0 Å². The highest BCUT2D eigenvalue weighted by Gasteiger charge is 2.16. The Morgan fingerprint density at radius 2 is 1.65 bits per heavy atom. The number of hydrogen-bond acceptors (Lipinski definition) is 4. The Bertz CT molecular complexity index is 584. The number of nitrogens with two attached hydrogens (primary N) is 1. The highest BCUT2D eigenvalue weighted by atomic mass is 35.5.